The van der Waals surface area contributed by atoms with Crippen molar-refractivity contribution in [2.24, 2.45) is 0 Å². The fourth-order valence-electron chi connectivity index (χ4n) is 3.34. The van der Waals surface area contributed by atoms with Crippen molar-refractivity contribution in [3.8, 4) is 5.69 Å². The van der Waals surface area contributed by atoms with Gasteiger partial charge in [-0.2, -0.15) is 0 Å². The summed E-state index contributed by atoms with van der Waals surface area (Å²) in [5.74, 6) is 1.82. The van der Waals surface area contributed by atoms with Crippen LogP contribution in [0.1, 0.15) is 44.9 Å². The summed E-state index contributed by atoms with van der Waals surface area (Å²) in [5, 5.41) is 9.10. The predicted octanol–water partition coefficient (Wildman–Crippen LogP) is 2.63. The van der Waals surface area contributed by atoms with Crippen LogP contribution in [0.5, 0.6) is 0 Å². The molecule has 0 aliphatic carbocycles. The molecule has 0 N–H and O–H groups in total. The highest BCUT2D eigenvalue weighted by Gasteiger charge is 2.52. The summed E-state index contributed by atoms with van der Waals surface area (Å²) in [7, 11) is -0.402. The van der Waals surface area contributed by atoms with Gasteiger partial charge >= 0.3 is 7.12 Å². The van der Waals surface area contributed by atoms with Gasteiger partial charge in [-0.05, 0) is 58.1 Å². The van der Waals surface area contributed by atoms with Gasteiger partial charge in [-0.1, -0.05) is 17.7 Å². The fraction of sp³-hybridized carbons (Fsp3) is 0.529. The van der Waals surface area contributed by atoms with Gasteiger partial charge in [0.25, 0.3) is 0 Å². The number of halogens is 1. The van der Waals surface area contributed by atoms with Crippen molar-refractivity contribution in [1.82, 2.24) is 14.8 Å². The molecule has 0 radical (unpaired) electrons. The fourth-order valence-corrected chi connectivity index (χ4v) is 3.67. The number of rotatable bonds is 1. The van der Waals surface area contributed by atoms with Gasteiger partial charge in [0.15, 0.2) is 0 Å². The lowest BCUT2D eigenvalue weighted by Gasteiger charge is -2.32. The zero-order valence-corrected chi connectivity index (χ0v) is 15.4. The maximum absolute atomic E-state index is 6.64. The molecule has 24 heavy (non-hydrogen) atoms. The van der Waals surface area contributed by atoms with E-state index < -0.39 is 7.12 Å². The third-order valence-electron chi connectivity index (χ3n) is 5.42. The van der Waals surface area contributed by atoms with Crippen LogP contribution in [0.2, 0.25) is 5.02 Å². The van der Waals surface area contributed by atoms with Crippen molar-refractivity contribution in [3.05, 3.63) is 34.4 Å². The number of benzene rings is 1. The standard InChI is InChI=1S/C17H21BClN3O2/c1-10-20-21-14-7-6-11-8-12(9-13(19)15(11)22(10)14)18-23-16(2,3)17(4,5)24-18/h8-9H,6-7H2,1-5H3. The van der Waals surface area contributed by atoms with Crippen LogP contribution >= 0.6 is 11.6 Å². The lowest BCUT2D eigenvalue weighted by Crippen LogP contribution is -2.41. The summed E-state index contributed by atoms with van der Waals surface area (Å²) >= 11 is 6.64. The molecule has 0 saturated carbocycles. The van der Waals surface area contributed by atoms with Crippen LogP contribution in [0.25, 0.3) is 5.69 Å². The SMILES string of the molecule is Cc1nnc2n1-c1c(Cl)cc(B3OC(C)(C)C(C)(C)O3)cc1CC2. The van der Waals surface area contributed by atoms with E-state index in [4.69, 9.17) is 20.9 Å². The molecule has 1 fully saturated rings. The average Bonchev–Trinajstić information content (AvgIpc) is 2.96. The van der Waals surface area contributed by atoms with Crippen LogP contribution in [0, 0.1) is 6.92 Å². The maximum Gasteiger partial charge on any atom is 0.494 e. The zero-order valence-electron chi connectivity index (χ0n) is 14.7. The molecule has 5 nitrogen and oxygen atoms in total. The van der Waals surface area contributed by atoms with Gasteiger partial charge in [0.2, 0.25) is 0 Å². The van der Waals surface area contributed by atoms with Crippen molar-refractivity contribution >= 4 is 24.2 Å². The Hall–Kier alpha value is -1.37. The minimum atomic E-state index is -0.402. The van der Waals surface area contributed by atoms with E-state index in [1.807, 2.05) is 13.0 Å². The number of fused-ring (bicyclic) bond motifs is 3. The smallest absolute Gasteiger partial charge is 0.399 e. The number of hydrogen-bond acceptors (Lipinski definition) is 4. The summed E-state index contributed by atoms with van der Waals surface area (Å²) in [6.07, 6.45) is 1.75. The molecule has 0 amide bonds. The number of aromatic nitrogens is 3. The van der Waals surface area contributed by atoms with Crippen molar-refractivity contribution < 1.29 is 9.31 Å². The molecular formula is C17H21BClN3O2. The molecule has 7 heteroatoms. The van der Waals surface area contributed by atoms with Crippen LogP contribution in [0.4, 0.5) is 0 Å². The third-order valence-corrected chi connectivity index (χ3v) is 5.71. The highest BCUT2D eigenvalue weighted by atomic mass is 35.5. The van der Waals surface area contributed by atoms with Crippen molar-refractivity contribution in [1.29, 1.82) is 0 Å². The Labute approximate surface area is 147 Å². The molecule has 2 aliphatic rings. The number of aryl methyl sites for hydroxylation is 3. The topological polar surface area (TPSA) is 49.2 Å². The second-order valence-corrected chi connectivity index (χ2v) is 8.00. The highest BCUT2D eigenvalue weighted by molar-refractivity contribution is 6.62. The van der Waals surface area contributed by atoms with Crippen LogP contribution in [0.3, 0.4) is 0 Å². The van der Waals surface area contributed by atoms with E-state index in [-0.39, 0.29) is 11.2 Å². The summed E-state index contributed by atoms with van der Waals surface area (Å²) in [5.41, 5.74) is 2.41. The Bertz CT molecular complexity index is 815. The molecule has 2 aromatic rings. The molecular weight excluding hydrogens is 324 g/mol. The minimum absolute atomic E-state index is 0.363. The Morgan fingerprint density at radius 3 is 2.42 bits per heavy atom. The van der Waals surface area contributed by atoms with E-state index in [9.17, 15) is 0 Å². The van der Waals surface area contributed by atoms with Gasteiger partial charge in [0.1, 0.15) is 11.6 Å². The Morgan fingerprint density at radius 2 is 1.75 bits per heavy atom. The summed E-state index contributed by atoms with van der Waals surface area (Å²) in [6, 6.07) is 4.09. The van der Waals surface area contributed by atoms with E-state index in [1.165, 1.54) is 5.56 Å². The second-order valence-electron chi connectivity index (χ2n) is 7.60. The molecule has 1 aromatic carbocycles. The van der Waals surface area contributed by atoms with Crippen molar-refractivity contribution in [2.75, 3.05) is 0 Å². The van der Waals surface area contributed by atoms with Crippen LogP contribution in [-0.4, -0.2) is 33.1 Å². The van der Waals surface area contributed by atoms with Gasteiger partial charge in [0.05, 0.1) is 21.9 Å². The lowest BCUT2D eigenvalue weighted by molar-refractivity contribution is 0.00578. The Balaban J connectivity index is 1.78. The van der Waals surface area contributed by atoms with E-state index >= 15 is 0 Å². The third kappa shape index (κ3) is 2.24. The summed E-state index contributed by atoms with van der Waals surface area (Å²) < 4.78 is 14.4. The lowest BCUT2D eigenvalue weighted by atomic mass is 9.77. The quantitative estimate of drug-likeness (QED) is 0.746. The van der Waals surface area contributed by atoms with Crippen LogP contribution < -0.4 is 5.46 Å². The van der Waals surface area contributed by atoms with Gasteiger partial charge in [-0.15, -0.1) is 10.2 Å². The molecule has 1 saturated heterocycles. The zero-order chi connectivity index (χ0) is 17.3. The molecule has 1 aromatic heterocycles. The van der Waals surface area contributed by atoms with E-state index in [0.717, 1.165) is 35.6 Å². The first-order valence-corrected chi connectivity index (χ1v) is 8.67. The average molecular weight is 346 g/mol. The monoisotopic (exact) mass is 345 g/mol. The van der Waals surface area contributed by atoms with E-state index in [0.29, 0.717) is 5.02 Å². The van der Waals surface area contributed by atoms with Crippen molar-refractivity contribution in [3.63, 3.8) is 0 Å². The molecule has 3 heterocycles. The van der Waals surface area contributed by atoms with Gasteiger partial charge in [-0.25, -0.2) is 0 Å². The first kappa shape index (κ1) is 16.1. The first-order valence-electron chi connectivity index (χ1n) is 8.29. The molecule has 0 bridgehead atoms. The Morgan fingerprint density at radius 1 is 1.08 bits per heavy atom. The largest absolute Gasteiger partial charge is 0.494 e. The van der Waals surface area contributed by atoms with E-state index in [1.54, 1.807) is 0 Å². The molecule has 126 valence electrons. The molecule has 4 rings (SSSR count). The first-order chi connectivity index (χ1) is 11.2. The maximum atomic E-state index is 6.64. The highest BCUT2D eigenvalue weighted by Crippen LogP contribution is 2.37. The number of hydrogen-bond donors (Lipinski definition) is 0. The molecule has 0 atom stereocenters. The van der Waals surface area contributed by atoms with Crippen molar-refractivity contribution in [2.45, 2.75) is 58.7 Å². The van der Waals surface area contributed by atoms with Gasteiger partial charge in [-0.3, -0.25) is 4.57 Å². The summed E-state index contributed by atoms with van der Waals surface area (Å²) in [4.78, 5) is 0. The minimum Gasteiger partial charge on any atom is -0.399 e. The van der Waals surface area contributed by atoms with Crippen LogP contribution in [0.15, 0.2) is 12.1 Å². The van der Waals surface area contributed by atoms with E-state index in [2.05, 4.69) is 48.5 Å². The second kappa shape index (κ2) is 5.07. The predicted molar refractivity (Wildman–Crippen MR) is 94.2 cm³/mol. The number of nitrogens with zero attached hydrogens (tertiary/aromatic N) is 3. The normalized spacial score (nSPS) is 20.8. The molecule has 0 spiro atoms. The molecule has 2 aliphatic heterocycles. The molecule has 0 unspecified atom stereocenters. The summed E-state index contributed by atoms with van der Waals surface area (Å²) in [6.45, 7) is 10.2. The van der Waals surface area contributed by atoms with Gasteiger partial charge in [0, 0.05) is 6.42 Å². The van der Waals surface area contributed by atoms with Gasteiger partial charge < -0.3 is 9.31 Å². The van der Waals surface area contributed by atoms with Crippen LogP contribution in [-0.2, 0) is 22.2 Å². The Kier molecular flexibility index (Phi) is 3.40.